The molecule has 0 radical (unpaired) electrons. The Labute approximate surface area is 148 Å². The molecule has 130 valence electrons. The van der Waals surface area contributed by atoms with Crippen LogP contribution in [0, 0.1) is 34.6 Å². The van der Waals surface area contributed by atoms with Gasteiger partial charge in [-0.05, 0) is 57.9 Å². The van der Waals surface area contributed by atoms with Crippen LogP contribution in [0.15, 0.2) is 16.7 Å². The summed E-state index contributed by atoms with van der Waals surface area (Å²) in [4.78, 5) is 12.2. The second kappa shape index (κ2) is 8.38. The van der Waals surface area contributed by atoms with Crippen LogP contribution in [-0.4, -0.2) is 16.8 Å². The van der Waals surface area contributed by atoms with Gasteiger partial charge in [0.2, 0.25) is 5.91 Å². The van der Waals surface area contributed by atoms with E-state index in [9.17, 15) is 4.79 Å². The monoisotopic (exact) mass is 346 g/mol. The highest BCUT2D eigenvalue weighted by Gasteiger charge is 2.10. The highest BCUT2D eigenvalue weighted by atomic mass is 32.2. The van der Waals surface area contributed by atoms with Crippen molar-refractivity contribution in [1.29, 1.82) is 0 Å². The Morgan fingerprint density at radius 2 is 1.83 bits per heavy atom. The van der Waals surface area contributed by atoms with Gasteiger partial charge in [-0.25, -0.2) is 0 Å². The number of benzene rings is 1. The van der Waals surface area contributed by atoms with E-state index < -0.39 is 0 Å². The van der Waals surface area contributed by atoms with Gasteiger partial charge in [0.25, 0.3) is 0 Å². The lowest BCUT2D eigenvalue weighted by atomic mass is 10.0. The smallest absolute Gasteiger partial charge is 0.224 e. The van der Waals surface area contributed by atoms with Crippen LogP contribution in [0.25, 0.3) is 0 Å². The van der Waals surface area contributed by atoms with Crippen LogP contribution in [0.2, 0.25) is 0 Å². The topological polar surface area (TPSA) is 55.1 Å². The number of thioether (sulfide) groups is 1. The summed E-state index contributed by atoms with van der Waals surface area (Å²) in [5, 5.41) is 7.02. The lowest BCUT2D eigenvalue weighted by molar-refractivity contribution is -0.116. The van der Waals surface area contributed by atoms with Crippen LogP contribution >= 0.6 is 11.8 Å². The minimum absolute atomic E-state index is 0.0861. The van der Waals surface area contributed by atoms with Crippen LogP contribution in [0.1, 0.15) is 46.5 Å². The molecule has 2 aromatic rings. The van der Waals surface area contributed by atoms with Crippen LogP contribution in [-0.2, 0) is 10.5 Å². The van der Waals surface area contributed by atoms with E-state index in [-0.39, 0.29) is 5.91 Å². The summed E-state index contributed by atoms with van der Waals surface area (Å²) in [6.45, 7) is 10.0. The van der Waals surface area contributed by atoms with Gasteiger partial charge in [0.1, 0.15) is 5.76 Å². The van der Waals surface area contributed by atoms with Crippen LogP contribution in [0.4, 0.5) is 5.69 Å². The number of aryl methyl sites for hydroxylation is 5. The van der Waals surface area contributed by atoms with E-state index >= 15 is 0 Å². The molecular formula is C19H26N2O2S. The van der Waals surface area contributed by atoms with Crippen molar-refractivity contribution in [3.05, 3.63) is 45.8 Å². The fraction of sp³-hybridized carbons (Fsp3) is 0.474. The van der Waals surface area contributed by atoms with E-state index in [0.29, 0.717) is 6.42 Å². The number of anilines is 1. The lowest BCUT2D eigenvalue weighted by Crippen LogP contribution is -2.13. The molecule has 0 unspecified atom stereocenters. The molecule has 1 aromatic carbocycles. The highest BCUT2D eigenvalue weighted by molar-refractivity contribution is 7.98. The van der Waals surface area contributed by atoms with E-state index in [1.807, 2.05) is 39.5 Å². The summed E-state index contributed by atoms with van der Waals surface area (Å²) in [6.07, 6.45) is 1.41. The molecule has 0 aliphatic carbocycles. The molecule has 1 heterocycles. The number of nitrogens with one attached hydrogen (secondary N) is 1. The van der Waals surface area contributed by atoms with Crippen molar-refractivity contribution in [2.24, 2.45) is 0 Å². The number of hydrogen-bond acceptors (Lipinski definition) is 4. The van der Waals surface area contributed by atoms with Crippen molar-refractivity contribution < 1.29 is 9.32 Å². The molecule has 2 rings (SSSR count). The van der Waals surface area contributed by atoms with Gasteiger partial charge in [-0.2, -0.15) is 11.8 Å². The summed E-state index contributed by atoms with van der Waals surface area (Å²) in [5.41, 5.74) is 6.55. The number of rotatable bonds is 7. The summed E-state index contributed by atoms with van der Waals surface area (Å²) >= 11 is 1.82. The summed E-state index contributed by atoms with van der Waals surface area (Å²) in [6, 6.07) is 4.20. The van der Waals surface area contributed by atoms with E-state index in [4.69, 9.17) is 4.52 Å². The minimum Gasteiger partial charge on any atom is -0.361 e. The molecule has 0 saturated heterocycles. The minimum atomic E-state index is 0.0861. The number of hydrogen-bond donors (Lipinski definition) is 1. The van der Waals surface area contributed by atoms with Gasteiger partial charge in [0.05, 0.1) is 5.69 Å². The molecule has 0 bridgehead atoms. The van der Waals surface area contributed by atoms with Crippen molar-refractivity contribution >= 4 is 23.4 Å². The van der Waals surface area contributed by atoms with Crippen molar-refractivity contribution in [3.63, 3.8) is 0 Å². The third kappa shape index (κ3) is 4.87. The lowest BCUT2D eigenvalue weighted by Gasteiger charge is -2.12. The third-order valence-electron chi connectivity index (χ3n) is 4.06. The first-order valence-electron chi connectivity index (χ1n) is 8.25. The maximum absolute atomic E-state index is 12.2. The van der Waals surface area contributed by atoms with Gasteiger partial charge in [0, 0.05) is 23.4 Å². The second-order valence-corrected chi connectivity index (χ2v) is 7.39. The molecule has 1 aromatic heterocycles. The zero-order valence-electron chi connectivity index (χ0n) is 15.2. The number of aromatic nitrogens is 1. The number of carbonyl (C=O) groups is 1. The maximum atomic E-state index is 12.2. The number of amides is 1. The largest absolute Gasteiger partial charge is 0.361 e. The van der Waals surface area contributed by atoms with E-state index in [0.717, 1.165) is 46.2 Å². The van der Waals surface area contributed by atoms with E-state index in [2.05, 4.69) is 29.5 Å². The SMILES string of the molecule is Cc1cc(C)c(NC(=O)CCCSCc2c(C)noc2C)c(C)c1. The predicted molar refractivity (Wildman–Crippen MR) is 101 cm³/mol. The first-order valence-corrected chi connectivity index (χ1v) is 9.41. The second-order valence-electron chi connectivity index (χ2n) is 6.28. The molecule has 0 atom stereocenters. The first-order chi connectivity index (χ1) is 11.4. The van der Waals surface area contributed by atoms with Crippen molar-refractivity contribution in [1.82, 2.24) is 5.16 Å². The third-order valence-corrected chi connectivity index (χ3v) is 5.13. The molecule has 0 spiro atoms. The zero-order chi connectivity index (χ0) is 17.7. The first kappa shape index (κ1) is 18.6. The van der Waals surface area contributed by atoms with Crippen molar-refractivity contribution in [2.45, 2.75) is 53.2 Å². The van der Waals surface area contributed by atoms with Gasteiger partial charge in [-0.15, -0.1) is 0 Å². The van der Waals surface area contributed by atoms with Crippen molar-refractivity contribution in [3.8, 4) is 0 Å². The molecule has 0 aliphatic rings. The molecule has 1 amide bonds. The average Bonchev–Trinajstić information content (AvgIpc) is 2.82. The average molecular weight is 346 g/mol. The quantitative estimate of drug-likeness (QED) is 0.727. The van der Waals surface area contributed by atoms with Gasteiger partial charge in [-0.1, -0.05) is 22.9 Å². The normalized spacial score (nSPS) is 10.9. The zero-order valence-corrected chi connectivity index (χ0v) is 16.0. The van der Waals surface area contributed by atoms with Gasteiger partial charge in [0.15, 0.2) is 0 Å². The number of carbonyl (C=O) groups excluding carboxylic acids is 1. The van der Waals surface area contributed by atoms with Crippen LogP contribution < -0.4 is 5.32 Å². The fourth-order valence-corrected chi connectivity index (χ4v) is 3.91. The molecule has 0 aliphatic heterocycles. The summed E-state index contributed by atoms with van der Waals surface area (Å²) in [7, 11) is 0. The van der Waals surface area contributed by atoms with E-state index in [1.54, 1.807) is 0 Å². The van der Waals surface area contributed by atoms with Gasteiger partial charge >= 0.3 is 0 Å². The van der Waals surface area contributed by atoms with Crippen LogP contribution in [0.5, 0.6) is 0 Å². The Morgan fingerprint density at radius 3 is 2.42 bits per heavy atom. The maximum Gasteiger partial charge on any atom is 0.224 e. The number of nitrogens with zero attached hydrogens (tertiary/aromatic N) is 1. The van der Waals surface area contributed by atoms with Gasteiger partial charge < -0.3 is 9.84 Å². The van der Waals surface area contributed by atoms with Crippen LogP contribution in [0.3, 0.4) is 0 Å². The summed E-state index contributed by atoms with van der Waals surface area (Å²) < 4.78 is 5.16. The molecule has 24 heavy (non-hydrogen) atoms. The molecule has 0 saturated carbocycles. The molecule has 0 fully saturated rings. The molecule has 4 nitrogen and oxygen atoms in total. The van der Waals surface area contributed by atoms with Gasteiger partial charge in [-0.3, -0.25) is 4.79 Å². The Bertz CT molecular complexity index is 680. The van der Waals surface area contributed by atoms with E-state index in [1.165, 1.54) is 11.1 Å². The molecule has 5 heteroatoms. The fourth-order valence-electron chi connectivity index (χ4n) is 2.80. The Kier molecular flexibility index (Phi) is 6.49. The Balaban J connectivity index is 1.74. The molecular weight excluding hydrogens is 320 g/mol. The highest BCUT2D eigenvalue weighted by Crippen LogP contribution is 2.23. The Hall–Kier alpha value is -1.75. The Morgan fingerprint density at radius 1 is 1.17 bits per heavy atom. The predicted octanol–water partition coefficient (Wildman–Crippen LogP) is 4.87. The standard InChI is InChI=1S/C19H26N2O2S/c1-12-9-13(2)19(14(3)10-12)20-18(22)7-6-8-24-11-17-15(4)21-23-16(17)5/h9-10H,6-8,11H2,1-5H3,(H,20,22). The van der Waals surface area contributed by atoms with Crippen molar-refractivity contribution in [2.75, 3.05) is 11.1 Å². The molecule has 1 N–H and O–H groups in total. The summed E-state index contributed by atoms with van der Waals surface area (Å²) in [5.74, 6) is 2.81.